The van der Waals surface area contributed by atoms with E-state index in [1.54, 1.807) is 0 Å². The number of hydrogen-bond acceptors (Lipinski definition) is 0. The molecule has 2 aliphatic carbocycles. The Kier molecular flexibility index (Phi) is 2.25. The Bertz CT molecular complexity index is 226. The number of halogens is 6. The second-order valence-corrected chi connectivity index (χ2v) is 4.44. The normalized spacial score (nSPS) is 41.2. The zero-order chi connectivity index (χ0) is 11.4. The van der Waals surface area contributed by atoms with Crippen molar-refractivity contribution < 1.29 is 26.3 Å². The maximum atomic E-state index is 12.4. The molecule has 0 N–H and O–H groups in total. The summed E-state index contributed by atoms with van der Waals surface area (Å²) in [6.07, 6.45) is -9.11. The minimum atomic E-state index is -4.47. The van der Waals surface area contributed by atoms with E-state index < -0.39 is 42.4 Å². The summed E-state index contributed by atoms with van der Waals surface area (Å²) >= 11 is 0. The number of alkyl halides is 6. The van der Waals surface area contributed by atoms with Crippen LogP contribution in [-0.2, 0) is 0 Å². The van der Waals surface area contributed by atoms with Gasteiger partial charge in [0.25, 0.3) is 0 Å². The van der Waals surface area contributed by atoms with Crippen molar-refractivity contribution in [3.05, 3.63) is 0 Å². The smallest absolute Gasteiger partial charge is 0.171 e. The molecule has 2 fully saturated rings. The van der Waals surface area contributed by atoms with Gasteiger partial charge >= 0.3 is 12.4 Å². The SMILES string of the molecule is FC(F)(F)C1CC(C(F)(F)F)C2CCC21. The molecule has 2 saturated carbocycles. The highest BCUT2D eigenvalue weighted by molar-refractivity contribution is 5.01. The summed E-state index contributed by atoms with van der Waals surface area (Å²) in [5.74, 6) is -5.03. The molecule has 15 heavy (non-hydrogen) atoms. The van der Waals surface area contributed by atoms with E-state index in [-0.39, 0.29) is 0 Å². The molecule has 0 nitrogen and oxygen atoms in total. The van der Waals surface area contributed by atoms with Gasteiger partial charge in [-0.3, -0.25) is 0 Å². The quantitative estimate of drug-likeness (QED) is 0.557. The van der Waals surface area contributed by atoms with Crippen molar-refractivity contribution in [1.82, 2.24) is 0 Å². The van der Waals surface area contributed by atoms with Crippen molar-refractivity contribution in [3.63, 3.8) is 0 Å². The van der Waals surface area contributed by atoms with E-state index in [0.717, 1.165) is 0 Å². The molecule has 2 aliphatic rings. The first kappa shape index (κ1) is 11.1. The van der Waals surface area contributed by atoms with Gasteiger partial charge in [-0.15, -0.1) is 0 Å². The van der Waals surface area contributed by atoms with Crippen LogP contribution in [0.5, 0.6) is 0 Å². The fraction of sp³-hybridized carbons (Fsp3) is 1.00. The molecule has 0 amide bonds. The Morgan fingerprint density at radius 2 is 1.00 bits per heavy atom. The Morgan fingerprint density at radius 1 is 0.667 bits per heavy atom. The standard InChI is InChI=1S/C9H10F6/c10-8(11,12)6-3-7(9(13,14)15)5-2-1-4(5)6/h4-7H,1-3H2. The third kappa shape index (κ3) is 1.72. The summed E-state index contributed by atoms with van der Waals surface area (Å²) in [6.45, 7) is 0. The summed E-state index contributed by atoms with van der Waals surface area (Å²) in [5.41, 5.74) is 0. The largest absolute Gasteiger partial charge is 0.392 e. The zero-order valence-electron chi connectivity index (χ0n) is 7.70. The molecule has 0 radical (unpaired) electrons. The average molecular weight is 232 g/mol. The van der Waals surface area contributed by atoms with Gasteiger partial charge in [0, 0.05) is 0 Å². The molecule has 0 aromatic rings. The van der Waals surface area contributed by atoms with Crippen LogP contribution in [0.25, 0.3) is 0 Å². The van der Waals surface area contributed by atoms with Crippen LogP contribution in [0, 0.1) is 23.7 Å². The second kappa shape index (κ2) is 3.04. The molecular weight excluding hydrogens is 222 g/mol. The first-order valence-corrected chi connectivity index (χ1v) is 4.84. The van der Waals surface area contributed by atoms with E-state index in [9.17, 15) is 26.3 Å². The van der Waals surface area contributed by atoms with Crippen molar-refractivity contribution in [1.29, 1.82) is 0 Å². The van der Waals surface area contributed by atoms with Crippen molar-refractivity contribution in [2.24, 2.45) is 23.7 Å². The van der Waals surface area contributed by atoms with E-state index in [2.05, 4.69) is 0 Å². The van der Waals surface area contributed by atoms with Crippen LogP contribution >= 0.6 is 0 Å². The summed E-state index contributed by atoms with van der Waals surface area (Å²) in [4.78, 5) is 0. The molecule has 0 spiro atoms. The van der Waals surface area contributed by atoms with Crippen LogP contribution in [0.4, 0.5) is 26.3 Å². The van der Waals surface area contributed by atoms with Crippen LogP contribution in [-0.4, -0.2) is 12.4 Å². The monoisotopic (exact) mass is 232 g/mol. The Balaban J connectivity index is 2.16. The lowest BCUT2D eigenvalue weighted by Gasteiger charge is -2.37. The lowest BCUT2D eigenvalue weighted by molar-refractivity contribution is -0.194. The average Bonchev–Trinajstić information content (AvgIpc) is 2.19. The van der Waals surface area contributed by atoms with Crippen molar-refractivity contribution >= 4 is 0 Å². The molecule has 4 unspecified atom stereocenters. The Morgan fingerprint density at radius 3 is 1.13 bits per heavy atom. The Hall–Kier alpha value is -0.420. The summed E-state index contributed by atoms with van der Waals surface area (Å²) in [7, 11) is 0. The van der Waals surface area contributed by atoms with Crippen LogP contribution in [0.1, 0.15) is 19.3 Å². The van der Waals surface area contributed by atoms with E-state index >= 15 is 0 Å². The van der Waals surface area contributed by atoms with Gasteiger partial charge in [0.05, 0.1) is 11.8 Å². The Labute approximate surface area is 82.6 Å². The minimum Gasteiger partial charge on any atom is -0.171 e. The third-order valence-electron chi connectivity index (χ3n) is 3.77. The van der Waals surface area contributed by atoms with Gasteiger partial charge < -0.3 is 0 Å². The minimum absolute atomic E-state index is 0.293. The molecule has 0 saturated heterocycles. The molecule has 0 aromatic heterocycles. The molecule has 6 heteroatoms. The van der Waals surface area contributed by atoms with Gasteiger partial charge in [-0.2, -0.15) is 26.3 Å². The molecule has 0 heterocycles. The zero-order valence-corrected chi connectivity index (χ0v) is 7.70. The van der Waals surface area contributed by atoms with Gasteiger partial charge in [0.1, 0.15) is 0 Å². The van der Waals surface area contributed by atoms with Gasteiger partial charge in [-0.1, -0.05) is 0 Å². The van der Waals surface area contributed by atoms with Gasteiger partial charge in [-0.25, -0.2) is 0 Å². The molecule has 0 aromatic carbocycles. The van der Waals surface area contributed by atoms with Crippen LogP contribution in [0.15, 0.2) is 0 Å². The fourth-order valence-corrected chi connectivity index (χ4v) is 2.93. The van der Waals surface area contributed by atoms with E-state index in [4.69, 9.17) is 0 Å². The molecule has 2 rings (SSSR count). The summed E-state index contributed by atoms with van der Waals surface area (Å²) in [5, 5.41) is 0. The van der Waals surface area contributed by atoms with Crippen LogP contribution in [0.3, 0.4) is 0 Å². The highest BCUT2D eigenvalue weighted by Gasteiger charge is 2.63. The molecule has 0 bridgehead atoms. The van der Waals surface area contributed by atoms with Crippen LogP contribution < -0.4 is 0 Å². The molecule has 88 valence electrons. The first-order valence-electron chi connectivity index (χ1n) is 4.84. The maximum absolute atomic E-state index is 12.4. The summed E-state index contributed by atoms with van der Waals surface area (Å²) < 4.78 is 74.5. The predicted molar refractivity (Wildman–Crippen MR) is 39.9 cm³/mol. The summed E-state index contributed by atoms with van der Waals surface area (Å²) in [6, 6.07) is 0. The highest BCUT2D eigenvalue weighted by Crippen LogP contribution is 2.61. The van der Waals surface area contributed by atoms with E-state index in [1.165, 1.54) is 0 Å². The molecular formula is C9H10F6. The molecule has 4 atom stereocenters. The van der Waals surface area contributed by atoms with Crippen molar-refractivity contribution in [3.8, 4) is 0 Å². The topological polar surface area (TPSA) is 0 Å². The molecule has 0 aliphatic heterocycles. The first-order chi connectivity index (χ1) is 6.71. The van der Waals surface area contributed by atoms with Crippen molar-refractivity contribution in [2.45, 2.75) is 31.6 Å². The number of hydrogen-bond donors (Lipinski definition) is 0. The lowest BCUT2D eigenvalue weighted by Crippen LogP contribution is -2.36. The van der Waals surface area contributed by atoms with Crippen molar-refractivity contribution in [2.75, 3.05) is 0 Å². The maximum Gasteiger partial charge on any atom is 0.392 e. The third-order valence-corrected chi connectivity index (χ3v) is 3.77. The van der Waals surface area contributed by atoms with E-state index in [1.807, 2.05) is 0 Å². The fourth-order valence-electron chi connectivity index (χ4n) is 2.93. The van der Waals surface area contributed by atoms with Gasteiger partial charge in [-0.05, 0) is 31.1 Å². The predicted octanol–water partition coefficient (Wildman–Crippen LogP) is 3.77. The lowest BCUT2D eigenvalue weighted by atomic mass is 9.70. The van der Waals surface area contributed by atoms with Gasteiger partial charge in [0.15, 0.2) is 0 Å². The van der Waals surface area contributed by atoms with Crippen LogP contribution in [0.2, 0.25) is 0 Å². The van der Waals surface area contributed by atoms with Gasteiger partial charge in [0.2, 0.25) is 0 Å². The number of rotatable bonds is 0. The van der Waals surface area contributed by atoms with E-state index in [0.29, 0.717) is 12.8 Å². The highest BCUT2D eigenvalue weighted by atomic mass is 19.4. The second-order valence-electron chi connectivity index (χ2n) is 4.44. The number of fused-ring (bicyclic) bond motifs is 1.